The zero-order valence-electron chi connectivity index (χ0n) is 20.2. The van der Waals surface area contributed by atoms with Crippen LogP contribution in [0.15, 0.2) is 17.2 Å². The lowest BCUT2D eigenvalue weighted by molar-refractivity contribution is 0.0571. The van der Waals surface area contributed by atoms with E-state index in [0.717, 1.165) is 19.5 Å². The highest BCUT2D eigenvalue weighted by molar-refractivity contribution is 5.99. The fourth-order valence-corrected chi connectivity index (χ4v) is 4.77. The van der Waals surface area contributed by atoms with Crippen LogP contribution in [-0.4, -0.2) is 64.9 Å². The van der Waals surface area contributed by atoms with Gasteiger partial charge in [0.25, 0.3) is 11.8 Å². The summed E-state index contributed by atoms with van der Waals surface area (Å²) in [6.45, 7) is 12.4. The van der Waals surface area contributed by atoms with Crippen LogP contribution >= 0.6 is 0 Å². The number of carbonyl (C=O) groups is 2. The third-order valence-electron chi connectivity index (χ3n) is 6.58. The van der Waals surface area contributed by atoms with Gasteiger partial charge in [0.05, 0.1) is 0 Å². The minimum atomic E-state index is -0.463. The van der Waals surface area contributed by atoms with Gasteiger partial charge in [0.1, 0.15) is 11.1 Å². The van der Waals surface area contributed by atoms with Crippen molar-refractivity contribution < 1.29 is 9.59 Å². The summed E-state index contributed by atoms with van der Waals surface area (Å²) in [6, 6.07) is 0.647. The van der Waals surface area contributed by atoms with Gasteiger partial charge < -0.3 is 14.8 Å². The number of hydrogen-bond acceptors (Lipinski definition) is 4. The number of nitrogens with zero attached hydrogens (tertiary/aromatic N) is 3. The van der Waals surface area contributed by atoms with Crippen molar-refractivity contribution >= 4 is 11.8 Å². The van der Waals surface area contributed by atoms with Gasteiger partial charge in [-0.3, -0.25) is 19.3 Å². The molecule has 2 fully saturated rings. The predicted molar refractivity (Wildman–Crippen MR) is 127 cm³/mol. The molecule has 1 saturated carbocycles. The SMILES string of the molecule is CC(C)CCNC(=O)c1cn(CC(C)C)cc(C(=O)N2CCN(C3CCCC3)CC2)c1=O. The van der Waals surface area contributed by atoms with E-state index in [9.17, 15) is 14.4 Å². The molecule has 3 rings (SSSR count). The van der Waals surface area contributed by atoms with Gasteiger partial charge >= 0.3 is 0 Å². The summed E-state index contributed by atoms with van der Waals surface area (Å²) in [6.07, 6.45) is 9.18. The molecule has 2 aliphatic rings. The Bertz CT molecular complexity index is 847. The molecule has 7 heteroatoms. The lowest BCUT2D eigenvalue weighted by Gasteiger charge is -2.38. The molecule has 2 heterocycles. The highest BCUT2D eigenvalue weighted by Crippen LogP contribution is 2.24. The van der Waals surface area contributed by atoms with E-state index < -0.39 is 11.3 Å². The van der Waals surface area contributed by atoms with Crippen LogP contribution in [0.1, 0.15) is 80.5 Å². The number of piperazine rings is 1. The van der Waals surface area contributed by atoms with E-state index in [1.807, 2.05) is 4.57 Å². The van der Waals surface area contributed by atoms with Gasteiger partial charge in [0.2, 0.25) is 5.43 Å². The van der Waals surface area contributed by atoms with E-state index >= 15 is 0 Å². The fraction of sp³-hybridized carbons (Fsp3) is 0.720. The van der Waals surface area contributed by atoms with Gasteiger partial charge in [0, 0.05) is 57.7 Å². The molecule has 0 radical (unpaired) electrons. The van der Waals surface area contributed by atoms with Crippen LogP contribution in [0.2, 0.25) is 0 Å². The van der Waals surface area contributed by atoms with Crippen molar-refractivity contribution in [2.75, 3.05) is 32.7 Å². The molecule has 1 aliphatic heterocycles. The average molecular weight is 445 g/mol. The minimum Gasteiger partial charge on any atom is -0.352 e. The number of nitrogens with one attached hydrogen (secondary N) is 1. The molecule has 1 aliphatic carbocycles. The average Bonchev–Trinajstić information content (AvgIpc) is 3.28. The Kier molecular flexibility index (Phi) is 8.51. The summed E-state index contributed by atoms with van der Waals surface area (Å²) in [5.74, 6) is 0.139. The van der Waals surface area contributed by atoms with E-state index in [1.165, 1.54) is 25.7 Å². The maximum atomic E-state index is 13.3. The Balaban J connectivity index is 1.77. The molecule has 1 aromatic rings. The Morgan fingerprint density at radius 1 is 0.969 bits per heavy atom. The van der Waals surface area contributed by atoms with E-state index in [0.29, 0.717) is 44.1 Å². The summed E-state index contributed by atoms with van der Waals surface area (Å²) < 4.78 is 1.82. The van der Waals surface area contributed by atoms with Crippen molar-refractivity contribution in [1.82, 2.24) is 19.7 Å². The van der Waals surface area contributed by atoms with Gasteiger partial charge in [-0.1, -0.05) is 40.5 Å². The molecule has 7 nitrogen and oxygen atoms in total. The normalized spacial score (nSPS) is 18.0. The Morgan fingerprint density at radius 3 is 2.19 bits per heavy atom. The third-order valence-corrected chi connectivity index (χ3v) is 6.58. The monoisotopic (exact) mass is 444 g/mol. The van der Waals surface area contributed by atoms with Gasteiger partial charge in [-0.25, -0.2) is 0 Å². The van der Waals surface area contributed by atoms with Crippen LogP contribution < -0.4 is 10.7 Å². The number of pyridine rings is 1. The Morgan fingerprint density at radius 2 is 1.59 bits per heavy atom. The Hall–Kier alpha value is -2.15. The molecule has 178 valence electrons. The van der Waals surface area contributed by atoms with E-state index in [2.05, 4.69) is 37.9 Å². The van der Waals surface area contributed by atoms with Gasteiger partial charge in [-0.2, -0.15) is 0 Å². The number of aromatic nitrogens is 1. The first kappa shape index (κ1) is 24.5. The van der Waals surface area contributed by atoms with E-state index in [1.54, 1.807) is 17.3 Å². The molecule has 32 heavy (non-hydrogen) atoms. The predicted octanol–water partition coefficient (Wildman–Crippen LogP) is 2.98. The summed E-state index contributed by atoms with van der Waals surface area (Å²) >= 11 is 0. The van der Waals surface area contributed by atoms with E-state index in [-0.39, 0.29) is 17.0 Å². The molecule has 1 saturated heterocycles. The molecule has 0 unspecified atom stereocenters. The van der Waals surface area contributed by atoms with Crippen molar-refractivity contribution in [1.29, 1.82) is 0 Å². The molecule has 2 amide bonds. The molecule has 1 aromatic heterocycles. The minimum absolute atomic E-state index is 0.0600. The van der Waals surface area contributed by atoms with Crippen LogP contribution in [0, 0.1) is 11.8 Å². The first-order valence-corrected chi connectivity index (χ1v) is 12.3. The third kappa shape index (κ3) is 6.21. The molecule has 1 N–H and O–H groups in total. The van der Waals surface area contributed by atoms with Crippen LogP contribution in [0.5, 0.6) is 0 Å². The molecule has 0 spiro atoms. The maximum Gasteiger partial charge on any atom is 0.259 e. The highest BCUT2D eigenvalue weighted by Gasteiger charge is 2.30. The van der Waals surface area contributed by atoms with Crippen molar-refractivity contribution in [3.8, 4) is 0 Å². The first-order chi connectivity index (χ1) is 15.3. The van der Waals surface area contributed by atoms with Crippen LogP contribution in [0.4, 0.5) is 0 Å². The van der Waals surface area contributed by atoms with Crippen LogP contribution in [0.25, 0.3) is 0 Å². The standard InChI is InChI=1S/C25H40N4O3/c1-18(2)9-10-26-24(31)21-16-27(15-19(3)4)17-22(23(21)30)25(32)29-13-11-28(12-14-29)20-7-5-6-8-20/h16-20H,5-15H2,1-4H3,(H,26,31). The molecular formula is C25H40N4O3. The summed E-state index contributed by atoms with van der Waals surface area (Å²) in [5, 5.41) is 2.85. The quantitative estimate of drug-likeness (QED) is 0.669. The van der Waals surface area contributed by atoms with Crippen molar-refractivity contribution in [2.24, 2.45) is 11.8 Å². The van der Waals surface area contributed by atoms with Crippen molar-refractivity contribution in [3.05, 3.63) is 33.7 Å². The fourth-order valence-electron chi connectivity index (χ4n) is 4.77. The van der Waals surface area contributed by atoms with Crippen molar-refractivity contribution in [3.63, 3.8) is 0 Å². The largest absolute Gasteiger partial charge is 0.352 e. The first-order valence-electron chi connectivity index (χ1n) is 12.3. The van der Waals surface area contributed by atoms with Crippen LogP contribution in [0.3, 0.4) is 0 Å². The van der Waals surface area contributed by atoms with Crippen LogP contribution in [-0.2, 0) is 6.54 Å². The van der Waals surface area contributed by atoms with E-state index in [4.69, 9.17) is 0 Å². The summed E-state index contributed by atoms with van der Waals surface area (Å²) in [5.41, 5.74) is -0.295. The summed E-state index contributed by atoms with van der Waals surface area (Å²) in [7, 11) is 0. The highest BCUT2D eigenvalue weighted by atomic mass is 16.2. The zero-order chi connectivity index (χ0) is 23.3. The number of hydrogen-bond donors (Lipinski definition) is 1. The second-order valence-corrected chi connectivity index (χ2v) is 10.2. The number of amides is 2. The molecule has 0 atom stereocenters. The van der Waals surface area contributed by atoms with Crippen molar-refractivity contribution in [2.45, 2.75) is 72.4 Å². The van der Waals surface area contributed by atoms with Gasteiger partial charge in [0.15, 0.2) is 0 Å². The maximum absolute atomic E-state index is 13.3. The van der Waals surface area contributed by atoms with Gasteiger partial charge in [-0.05, 0) is 31.1 Å². The Labute approximate surface area is 192 Å². The zero-order valence-corrected chi connectivity index (χ0v) is 20.2. The second-order valence-electron chi connectivity index (χ2n) is 10.2. The van der Waals surface area contributed by atoms with Gasteiger partial charge in [-0.15, -0.1) is 0 Å². The number of rotatable bonds is 8. The lowest BCUT2D eigenvalue weighted by atomic mass is 10.1. The topological polar surface area (TPSA) is 74.7 Å². The molecular weight excluding hydrogens is 404 g/mol. The molecule has 0 bridgehead atoms. The summed E-state index contributed by atoms with van der Waals surface area (Å²) in [4.78, 5) is 43.5. The number of carbonyl (C=O) groups excluding carboxylic acids is 2. The second kappa shape index (κ2) is 11.1. The smallest absolute Gasteiger partial charge is 0.259 e. The lowest BCUT2D eigenvalue weighted by Crippen LogP contribution is -2.52. The molecule has 0 aromatic carbocycles.